The highest BCUT2D eigenvalue weighted by Crippen LogP contribution is 2.60. The average Bonchev–Trinajstić information content (AvgIpc) is 2.85. The first-order valence-electron chi connectivity index (χ1n) is 13.4. The first-order chi connectivity index (χ1) is 18.1. The van der Waals surface area contributed by atoms with E-state index in [1.165, 1.54) is 56.2 Å². The lowest BCUT2D eigenvalue weighted by molar-refractivity contribution is -0.137. The van der Waals surface area contributed by atoms with Gasteiger partial charge in [0.25, 0.3) is 0 Å². The normalized spacial score (nSPS) is 25.9. The molecule has 0 N–H and O–H groups in total. The molecule has 0 heterocycles. The summed E-state index contributed by atoms with van der Waals surface area (Å²) < 4.78 is 45.3. The van der Waals surface area contributed by atoms with Gasteiger partial charge in [0.05, 0.1) is 10.6 Å². The van der Waals surface area contributed by atoms with E-state index in [0.717, 1.165) is 35.1 Å². The summed E-state index contributed by atoms with van der Waals surface area (Å²) in [6.07, 6.45) is 3.79. The Hall–Kier alpha value is -2.79. The third-order valence-electron chi connectivity index (χ3n) is 8.80. The molecule has 38 heavy (non-hydrogen) atoms. The molecule has 0 radical (unpaired) electrons. The van der Waals surface area contributed by atoms with Gasteiger partial charge in [0.1, 0.15) is 17.3 Å². The van der Waals surface area contributed by atoms with Crippen LogP contribution in [-0.2, 0) is 29.2 Å². The molecule has 4 fully saturated rings. The van der Waals surface area contributed by atoms with Crippen molar-refractivity contribution in [3.05, 3.63) is 94.0 Å². The SMILES string of the molecule is O=C(Cc1ccc(Oc2ccc(C34CC5CC(CC(C5)C3)C4)cc2)cc1)Cc1ccc(Cl)c(C(F)(F)F)c1. The number of halogens is 4. The first-order valence-corrected chi connectivity index (χ1v) is 13.8. The van der Waals surface area contributed by atoms with Crippen molar-refractivity contribution < 1.29 is 22.7 Å². The van der Waals surface area contributed by atoms with Gasteiger partial charge >= 0.3 is 6.18 Å². The van der Waals surface area contributed by atoms with Gasteiger partial charge in [-0.2, -0.15) is 13.2 Å². The lowest BCUT2D eigenvalue weighted by Gasteiger charge is -2.57. The van der Waals surface area contributed by atoms with Crippen LogP contribution < -0.4 is 4.74 Å². The van der Waals surface area contributed by atoms with Crippen LogP contribution in [0, 0.1) is 17.8 Å². The van der Waals surface area contributed by atoms with Gasteiger partial charge in [-0.3, -0.25) is 4.79 Å². The Bertz CT molecular complexity index is 1290. The number of hydrogen-bond acceptors (Lipinski definition) is 2. The molecule has 4 bridgehead atoms. The number of Topliss-reactive ketones (excluding diaryl/α,β-unsaturated/α-hetero) is 1. The zero-order valence-electron chi connectivity index (χ0n) is 21.1. The lowest BCUT2D eigenvalue weighted by atomic mass is 9.48. The van der Waals surface area contributed by atoms with E-state index in [1.807, 2.05) is 24.3 Å². The number of rotatable bonds is 7. The lowest BCUT2D eigenvalue weighted by Crippen LogP contribution is -2.48. The van der Waals surface area contributed by atoms with E-state index in [4.69, 9.17) is 16.3 Å². The highest BCUT2D eigenvalue weighted by Gasteiger charge is 2.51. The van der Waals surface area contributed by atoms with Crippen LogP contribution in [-0.4, -0.2) is 5.78 Å². The van der Waals surface area contributed by atoms with Crippen LogP contribution in [0.15, 0.2) is 66.7 Å². The standard InChI is InChI=1S/C32H30ClF3O2/c33-30-10-3-21(16-29(30)32(34,35)36)15-26(37)14-20-1-6-27(7-2-20)38-28-8-4-25(5-9-28)31-17-22-11-23(18-31)13-24(12-22)19-31/h1-10,16,22-24H,11-15,17-19H2. The molecule has 4 aliphatic carbocycles. The van der Waals surface area contributed by atoms with Gasteiger partial charge in [-0.1, -0.05) is 41.9 Å². The van der Waals surface area contributed by atoms with E-state index in [0.29, 0.717) is 16.7 Å². The quantitative estimate of drug-likeness (QED) is 0.300. The zero-order chi connectivity index (χ0) is 26.5. The number of hydrogen-bond donors (Lipinski definition) is 0. The molecule has 3 aromatic rings. The summed E-state index contributed by atoms with van der Waals surface area (Å²) >= 11 is 5.67. The maximum Gasteiger partial charge on any atom is 0.417 e. The smallest absolute Gasteiger partial charge is 0.417 e. The van der Waals surface area contributed by atoms with E-state index in [2.05, 4.69) is 24.3 Å². The van der Waals surface area contributed by atoms with Gasteiger partial charge in [-0.25, -0.2) is 0 Å². The molecule has 6 heteroatoms. The van der Waals surface area contributed by atoms with Crippen LogP contribution in [0.25, 0.3) is 0 Å². The van der Waals surface area contributed by atoms with Crippen LogP contribution in [0.1, 0.15) is 60.8 Å². The summed E-state index contributed by atoms with van der Waals surface area (Å²) in [5.74, 6) is 4.01. The van der Waals surface area contributed by atoms with Crippen molar-refractivity contribution in [3.8, 4) is 11.5 Å². The van der Waals surface area contributed by atoms with Crippen molar-refractivity contribution in [2.75, 3.05) is 0 Å². The molecule has 2 nitrogen and oxygen atoms in total. The van der Waals surface area contributed by atoms with Crippen LogP contribution in [0.3, 0.4) is 0 Å². The van der Waals surface area contributed by atoms with Crippen molar-refractivity contribution in [1.29, 1.82) is 0 Å². The molecule has 0 aromatic heterocycles. The Morgan fingerprint density at radius 2 is 1.29 bits per heavy atom. The second-order valence-electron chi connectivity index (χ2n) is 11.7. The molecule has 3 aromatic carbocycles. The summed E-state index contributed by atoms with van der Waals surface area (Å²) in [4.78, 5) is 12.5. The average molecular weight is 539 g/mol. The van der Waals surface area contributed by atoms with Crippen molar-refractivity contribution in [2.24, 2.45) is 17.8 Å². The Morgan fingerprint density at radius 1 is 0.789 bits per heavy atom. The molecule has 0 aliphatic heterocycles. The van der Waals surface area contributed by atoms with Crippen LogP contribution in [0.5, 0.6) is 11.5 Å². The number of ether oxygens (including phenoxy) is 1. The zero-order valence-corrected chi connectivity index (χ0v) is 21.8. The Labute approximate surface area is 226 Å². The van der Waals surface area contributed by atoms with E-state index in [-0.39, 0.29) is 23.6 Å². The minimum absolute atomic E-state index is 0.0887. The van der Waals surface area contributed by atoms with Gasteiger partial charge in [0.2, 0.25) is 0 Å². The predicted molar refractivity (Wildman–Crippen MR) is 142 cm³/mol. The Kier molecular flexibility index (Phi) is 6.54. The Balaban J connectivity index is 1.06. The molecular weight excluding hydrogens is 509 g/mol. The summed E-state index contributed by atoms with van der Waals surface area (Å²) in [5.41, 5.74) is 1.98. The molecule has 4 saturated carbocycles. The van der Waals surface area contributed by atoms with Gasteiger partial charge in [0.15, 0.2) is 0 Å². The largest absolute Gasteiger partial charge is 0.457 e. The van der Waals surface area contributed by atoms with Crippen LogP contribution in [0.4, 0.5) is 13.2 Å². The first kappa shape index (κ1) is 25.5. The molecule has 0 unspecified atom stereocenters. The second kappa shape index (κ2) is 9.75. The van der Waals surface area contributed by atoms with Crippen LogP contribution in [0.2, 0.25) is 5.02 Å². The van der Waals surface area contributed by atoms with Gasteiger partial charge in [-0.15, -0.1) is 0 Å². The second-order valence-corrected chi connectivity index (χ2v) is 12.1. The Morgan fingerprint density at radius 3 is 1.84 bits per heavy atom. The number of carbonyl (C=O) groups excluding carboxylic acids is 1. The minimum Gasteiger partial charge on any atom is -0.457 e. The summed E-state index contributed by atoms with van der Waals surface area (Å²) in [6.45, 7) is 0. The molecule has 0 spiro atoms. The van der Waals surface area contributed by atoms with E-state index in [9.17, 15) is 18.0 Å². The maximum absolute atomic E-state index is 13.1. The molecule has 7 rings (SSSR count). The van der Waals surface area contributed by atoms with Gasteiger partial charge in [-0.05, 0) is 115 Å². The summed E-state index contributed by atoms with van der Waals surface area (Å²) in [5, 5.41) is -0.369. The highest BCUT2D eigenvalue weighted by molar-refractivity contribution is 6.31. The van der Waals surface area contributed by atoms with E-state index in [1.54, 1.807) is 0 Å². The molecule has 0 amide bonds. The summed E-state index contributed by atoms with van der Waals surface area (Å²) in [7, 11) is 0. The molecule has 198 valence electrons. The van der Waals surface area contributed by atoms with Crippen molar-refractivity contribution in [3.63, 3.8) is 0 Å². The summed E-state index contributed by atoms with van der Waals surface area (Å²) in [6, 6.07) is 19.5. The third-order valence-corrected chi connectivity index (χ3v) is 9.13. The monoisotopic (exact) mass is 538 g/mol. The highest BCUT2D eigenvalue weighted by atomic mass is 35.5. The minimum atomic E-state index is -4.55. The van der Waals surface area contributed by atoms with Gasteiger partial charge in [0, 0.05) is 12.8 Å². The number of ketones is 1. The van der Waals surface area contributed by atoms with Crippen molar-refractivity contribution in [1.82, 2.24) is 0 Å². The topological polar surface area (TPSA) is 26.3 Å². The predicted octanol–water partition coefficient (Wildman–Crippen LogP) is 8.97. The molecule has 0 atom stereocenters. The molecule has 4 aliphatic rings. The fraction of sp³-hybridized carbons (Fsp3) is 0.406. The fourth-order valence-corrected chi connectivity index (χ4v) is 7.79. The van der Waals surface area contributed by atoms with Crippen molar-refractivity contribution in [2.45, 2.75) is 63.0 Å². The van der Waals surface area contributed by atoms with Gasteiger partial charge < -0.3 is 4.74 Å². The van der Waals surface area contributed by atoms with Crippen molar-refractivity contribution >= 4 is 17.4 Å². The molecular formula is C32H30ClF3O2. The maximum atomic E-state index is 13.1. The van der Waals surface area contributed by atoms with E-state index < -0.39 is 11.7 Å². The number of benzene rings is 3. The number of alkyl halides is 3. The van der Waals surface area contributed by atoms with Crippen LogP contribution >= 0.6 is 11.6 Å². The fourth-order valence-electron chi connectivity index (χ4n) is 7.57. The van der Waals surface area contributed by atoms with E-state index >= 15 is 0 Å². The molecule has 0 saturated heterocycles. The number of carbonyl (C=O) groups is 1. The third kappa shape index (κ3) is 5.22.